The van der Waals surface area contributed by atoms with Gasteiger partial charge < -0.3 is 25.0 Å². The fourth-order valence-electron chi connectivity index (χ4n) is 1.71. The van der Waals surface area contributed by atoms with Crippen LogP contribution >= 0.6 is 0 Å². The van der Waals surface area contributed by atoms with E-state index in [2.05, 4.69) is 5.16 Å². The van der Waals surface area contributed by atoms with Crippen LogP contribution in [0.25, 0.3) is 0 Å². The number of rotatable bonds is 9. The second kappa shape index (κ2) is 8.98. The quantitative estimate of drug-likeness (QED) is 0.302. The highest BCUT2D eigenvalue weighted by atomic mass is 16.5. The maximum Gasteiger partial charge on any atom is 0.223 e. The van der Waals surface area contributed by atoms with Crippen molar-refractivity contribution >= 4 is 11.7 Å². The maximum atomic E-state index is 12.1. The number of amides is 1. The molecular weight excluding hydrogens is 262 g/mol. The van der Waals surface area contributed by atoms with Crippen LogP contribution in [0.1, 0.15) is 18.6 Å². The predicted octanol–water partition coefficient (Wildman–Crippen LogP) is 0.824. The molecule has 0 aromatic carbocycles. The zero-order chi connectivity index (χ0) is 14.8. The minimum atomic E-state index is -0.0100. The second-order valence-electron chi connectivity index (χ2n) is 4.29. The van der Waals surface area contributed by atoms with Crippen molar-refractivity contribution in [2.75, 3.05) is 26.8 Å². The third-order valence-corrected chi connectivity index (χ3v) is 2.85. The van der Waals surface area contributed by atoms with E-state index in [0.717, 1.165) is 5.76 Å². The summed E-state index contributed by atoms with van der Waals surface area (Å²) in [5.74, 6) is 0.872. The molecular formula is C13H21N3O4. The first-order chi connectivity index (χ1) is 9.67. The van der Waals surface area contributed by atoms with Crippen LogP contribution in [0.2, 0.25) is 0 Å². The average molecular weight is 283 g/mol. The van der Waals surface area contributed by atoms with Crippen LogP contribution in [0.5, 0.6) is 0 Å². The lowest BCUT2D eigenvalue weighted by atomic mass is 10.2. The van der Waals surface area contributed by atoms with E-state index in [1.807, 2.05) is 6.07 Å². The van der Waals surface area contributed by atoms with Crippen molar-refractivity contribution in [1.29, 1.82) is 0 Å². The van der Waals surface area contributed by atoms with E-state index >= 15 is 0 Å². The largest absolute Gasteiger partial charge is 0.469 e. The number of oxime groups is 1. The summed E-state index contributed by atoms with van der Waals surface area (Å²) >= 11 is 0. The van der Waals surface area contributed by atoms with Gasteiger partial charge in [0, 0.05) is 39.5 Å². The normalized spacial score (nSPS) is 11.6. The first-order valence-electron chi connectivity index (χ1n) is 6.43. The SMILES string of the molecule is COCCN(CCC(N)=NO)C(=O)CCc1ccco1. The first kappa shape index (κ1) is 16.0. The summed E-state index contributed by atoms with van der Waals surface area (Å²) in [7, 11) is 1.58. The van der Waals surface area contributed by atoms with Crippen molar-refractivity contribution in [1.82, 2.24) is 4.90 Å². The molecule has 3 N–H and O–H groups in total. The Kier molecular flexibility index (Phi) is 7.20. The Bertz CT molecular complexity index is 417. The lowest BCUT2D eigenvalue weighted by Gasteiger charge is -2.22. The van der Waals surface area contributed by atoms with Crippen LogP contribution in [0.15, 0.2) is 28.0 Å². The van der Waals surface area contributed by atoms with Gasteiger partial charge in [-0.05, 0) is 12.1 Å². The van der Waals surface area contributed by atoms with Gasteiger partial charge in [-0.3, -0.25) is 4.79 Å². The fraction of sp³-hybridized carbons (Fsp3) is 0.538. The molecule has 0 radical (unpaired) electrons. The molecule has 0 spiro atoms. The number of hydrogen-bond donors (Lipinski definition) is 2. The van der Waals surface area contributed by atoms with Gasteiger partial charge in [-0.25, -0.2) is 0 Å². The molecule has 0 saturated carbocycles. The Labute approximate surface area is 118 Å². The van der Waals surface area contributed by atoms with E-state index in [1.165, 1.54) is 0 Å². The Morgan fingerprint density at radius 1 is 1.50 bits per heavy atom. The van der Waals surface area contributed by atoms with E-state index in [0.29, 0.717) is 39.0 Å². The van der Waals surface area contributed by atoms with Gasteiger partial charge in [0.25, 0.3) is 0 Å². The first-order valence-corrected chi connectivity index (χ1v) is 6.43. The highest BCUT2D eigenvalue weighted by Crippen LogP contribution is 2.06. The molecule has 0 aliphatic carbocycles. The molecule has 1 aromatic rings. The van der Waals surface area contributed by atoms with E-state index in [9.17, 15) is 4.79 Å². The van der Waals surface area contributed by atoms with Gasteiger partial charge in [-0.15, -0.1) is 0 Å². The zero-order valence-corrected chi connectivity index (χ0v) is 11.6. The molecule has 0 aliphatic rings. The predicted molar refractivity (Wildman–Crippen MR) is 73.5 cm³/mol. The van der Waals surface area contributed by atoms with E-state index < -0.39 is 0 Å². The van der Waals surface area contributed by atoms with Gasteiger partial charge in [-0.1, -0.05) is 5.16 Å². The molecule has 1 amide bonds. The lowest BCUT2D eigenvalue weighted by molar-refractivity contribution is -0.131. The van der Waals surface area contributed by atoms with Gasteiger partial charge in [0.2, 0.25) is 5.91 Å². The van der Waals surface area contributed by atoms with Crippen LogP contribution in [-0.4, -0.2) is 48.7 Å². The number of ether oxygens (including phenoxy) is 1. The van der Waals surface area contributed by atoms with Crippen molar-refractivity contribution in [2.24, 2.45) is 10.9 Å². The number of methoxy groups -OCH3 is 1. The van der Waals surface area contributed by atoms with E-state index in [-0.39, 0.29) is 11.7 Å². The molecule has 1 rings (SSSR count). The monoisotopic (exact) mass is 283 g/mol. The van der Waals surface area contributed by atoms with Crippen molar-refractivity contribution < 1.29 is 19.2 Å². The molecule has 112 valence electrons. The van der Waals surface area contributed by atoms with Gasteiger partial charge in [0.15, 0.2) is 0 Å². The highest BCUT2D eigenvalue weighted by Gasteiger charge is 2.14. The van der Waals surface area contributed by atoms with Gasteiger partial charge in [-0.2, -0.15) is 0 Å². The van der Waals surface area contributed by atoms with Crippen molar-refractivity contribution in [2.45, 2.75) is 19.3 Å². The summed E-state index contributed by atoms with van der Waals surface area (Å²) in [6, 6.07) is 3.63. The summed E-state index contributed by atoms with van der Waals surface area (Å²) in [5, 5.41) is 11.4. The number of amidine groups is 1. The Hall–Kier alpha value is -2.02. The summed E-state index contributed by atoms with van der Waals surface area (Å²) < 4.78 is 10.2. The molecule has 1 aromatic heterocycles. The standard InChI is InChI=1S/C13H21N3O4/c1-19-10-8-16(7-6-12(14)15-18)13(17)5-4-11-3-2-9-20-11/h2-3,9,18H,4-8,10H2,1H3,(H2,14,15). The number of aryl methyl sites for hydroxylation is 1. The van der Waals surface area contributed by atoms with Crippen molar-refractivity contribution in [3.8, 4) is 0 Å². The number of hydrogen-bond acceptors (Lipinski definition) is 5. The maximum absolute atomic E-state index is 12.1. The van der Waals surface area contributed by atoms with Crippen LogP contribution in [0.4, 0.5) is 0 Å². The third-order valence-electron chi connectivity index (χ3n) is 2.85. The molecule has 0 bridgehead atoms. The van der Waals surface area contributed by atoms with Crippen molar-refractivity contribution in [3.05, 3.63) is 24.2 Å². The lowest BCUT2D eigenvalue weighted by Crippen LogP contribution is -2.36. The molecule has 0 saturated heterocycles. The fourth-order valence-corrected chi connectivity index (χ4v) is 1.71. The molecule has 20 heavy (non-hydrogen) atoms. The number of carbonyl (C=O) groups excluding carboxylic acids is 1. The molecule has 1 heterocycles. The highest BCUT2D eigenvalue weighted by molar-refractivity contribution is 5.81. The van der Waals surface area contributed by atoms with Crippen LogP contribution in [0.3, 0.4) is 0 Å². The van der Waals surface area contributed by atoms with Crippen LogP contribution < -0.4 is 5.73 Å². The minimum Gasteiger partial charge on any atom is -0.469 e. The molecule has 0 aliphatic heterocycles. The van der Waals surface area contributed by atoms with Gasteiger partial charge in [0.1, 0.15) is 11.6 Å². The number of nitrogens with zero attached hydrogens (tertiary/aromatic N) is 2. The molecule has 7 nitrogen and oxygen atoms in total. The van der Waals surface area contributed by atoms with E-state index in [1.54, 1.807) is 24.3 Å². The average Bonchev–Trinajstić information content (AvgIpc) is 2.97. The smallest absolute Gasteiger partial charge is 0.223 e. The minimum absolute atomic E-state index is 0.0100. The second-order valence-corrected chi connectivity index (χ2v) is 4.29. The summed E-state index contributed by atoms with van der Waals surface area (Å²) in [5.41, 5.74) is 5.42. The van der Waals surface area contributed by atoms with E-state index in [4.69, 9.17) is 20.1 Å². The zero-order valence-electron chi connectivity index (χ0n) is 11.6. The number of carbonyl (C=O) groups is 1. The Balaban J connectivity index is 2.45. The number of furan rings is 1. The summed E-state index contributed by atoms with van der Waals surface area (Å²) in [4.78, 5) is 13.8. The Morgan fingerprint density at radius 3 is 2.90 bits per heavy atom. The molecule has 7 heteroatoms. The summed E-state index contributed by atoms with van der Waals surface area (Å²) in [6.45, 7) is 1.32. The van der Waals surface area contributed by atoms with Crippen LogP contribution in [0, 0.1) is 0 Å². The van der Waals surface area contributed by atoms with Crippen molar-refractivity contribution in [3.63, 3.8) is 0 Å². The molecule has 0 fully saturated rings. The summed E-state index contributed by atoms with van der Waals surface area (Å²) in [6.07, 6.45) is 2.82. The Morgan fingerprint density at radius 2 is 2.30 bits per heavy atom. The number of nitrogens with two attached hydrogens (primary N) is 1. The molecule has 0 unspecified atom stereocenters. The van der Waals surface area contributed by atoms with Gasteiger partial charge >= 0.3 is 0 Å². The molecule has 0 atom stereocenters. The van der Waals surface area contributed by atoms with Gasteiger partial charge in [0.05, 0.1) is 12.9 Å². The third kappa shape index (κ3) is 5.75. The van der Waals surface area contributed by atoms with Crippen LogP contribution in [-0.2, 0) is 16.0 Å². The topological polar surface area (TPSA) is 101 Å².